The summed E-state index contributed by atoms with van der Waals surface area (Å²) in [5, 5.41) is 10.1. The molecule has 1 amide bonds. The number of aliphatic hydroxyl groups excluding tert-OH is 1. The number of aryl methyl sites for hydroxylation is 1. The molecule has 1 N–H and O–H groups in total. The first-order valence-corrected chi connectivity index (χ1v) is 7.28. The SMILES string of the molecule is COCCCN1C(=O)C(O)=C(C(C)=O)C1c1ccc(C)cc1. The number of aliphatic hydroxyl groups is 1. The molecule has 1 atom stereocenters. The standard InChI is InChI=1S/C17H21NO4/c1-11-5-7-13(8-6-11)15-14(12(2)19)16(20)17(21)18(15)9-4-10-22-3/h5-8,15,20H,4,9-10H2,1-3H3. The van der Waals surface area contributed by atoms with E-state index in [9.17, 15) is 14.7 Å². The number of Topliss-reactive ketones (excluding diaryl/α,β-unsaturated/α-hetero) is 1. The van der Waals surface area contributed by atoms with Crippen molar-refractivity contribution in [2.45, 2.75) is 26.3 Å². The number of amides is 1. The van der Waals surface area contributed by atoms with Gasteiger partial charge in [0.2, 0.25) is 0 Å². The van der Waals surface area contributed by atoms with Gasteiger partial charge in [-0.15, -0.1) is 0 Å². The van der Waals surface area contributed by atoms with Gasteiger partial charge in [0.15, 0.2) is 11.5 Å². The molecule has 0 saturated carbocycles. The highest BCUT2D eigenvalue weighted by atomic mass is 16.5. The largest absolute Gasteiger partial charge is 0.503 e. The van der Waals surface area contributed by atoms with Gasteiger partial charge in [-0.3, -0.25) is 9.59 Å². The van der Waals surface area contributed by atoms with Crippen molar-refractivity contribution in [3.05, 3.63) is 46.7 Å². The number of ketones is 1. The summed E-state index contributed by atoms with van der Waals surface area (Å²) >= 11 is 0. The fourth-order valence-corrected chi connectivity index (χ4v) is 2.72. The average molecular weight is 303 g/mol. The molecule has 1 aromatic rings. The van der Waals surface area contributed by atoms with Crippen LogP contribution in [0.3, 0.4) is 0 Å². The predicted molar refractivity (Wildman–Crippen MR) is 82.5 cm³/mol. The molecule has 1 aromatic carbocycles. The van der Waals surface area contributed by atoms with Crippen molar-refractivity contribution in [1.29, 1.82) is 0 Å². The summed E-state index contributed by atoms with van der Waals surface area (Å²) in [5.74, 6) is -1.21. The fourth-order valence-electron chi connectivity index (χ4n) is 2.72. The number of nitrogens with zero attached hydrogens (tertiary/aromatic N) is 1. The van der Waals surface area contributed by atoms with Gasteiger partial charge in [-0.2, -0.15) is 0 Å². The Hall–Kier alpha value is -2.14. The third-order valence-electron chi connectivity index (χ3n) is 3.82. The average Bonchev–Trinajstić information content (AvgIpc) is 2.73. The summed E-state index contributed by atoms with van der Waals surface area (Å²) in [5.41, 5.74) is 2.09. The Kier molecular flexibility index (Phi) is 4.98. The van der Waals surface area contributed by atoms with Gasteiger partial charge >= 0.3 is 0 Å². The molecule has 5 nitrogen and oxygen atoms in total. The van der Waals surface area contributed by atoms with Crippen LogP contribution in [0, 0.1) is 6.92 Å². The molecule has 1 aliphatic rings. The molecule has 0 spiro atoms. The molecule has 22 heavy (non-hydrogen) atoms. The van der Waals surface area contributed by atoms with E-state index in [4.69, 9.17) is 4.74 Å². The molecule has 2 rings (SSSR count). The number of hydrogen-bond acceptors (Lipinski definition) is 4. The molecule has 5 heteroatoms. The Morgan fingerprint density at radius 2 is 1.95 bits per heavy atom. The Labute approximate surface area is 130 Å². The lowest BCUT2D eigenvalue weighted by Gasteiger charge is -2.26. The monoisotopic (exact) mass is 303 g/mol. The van der Waals surface area contributed by atoms with Crippen LogP contribution in [0.5, 0.6) is 0 Å². The van der Waals surface area contributed by atoms with Gasteiger partial charge in [0.25, 0.3) is 5.91 Å². The van der Waals surface area contributed by atoms with Crippen molar-refractivity contribution in [3.8, 4) is 0 Å². The van der Waals surface area contributed by atoms with Crippen molar-refractivity contribution in [3.63, 3.8) is 0 Å². The van der Waals surface area contributed by atoms with Gasteiger partial charge in [0, 0.05) is 20.3 Å². The second kappa shape index (κ2) is 6.75. The van der Waals surface area contributed by atoms with E-state index >= 15 is 0 Å². The van der Waals surface area contributed by atoms with Gasteiger partial charge in [0.05, 0.1) is 11.6 Å². The Balaban J connectivity index is 2.39. The Morgan fingerprint density at radius 1 is 1.32 bits per heavy atom. The van der Waals surface area contributed by atoms with Crippen LogP contribution in [0.4, 0.5) is 0 Å². The van der Waals surface area contributed by atoms with E-state index in [1.807, 2.05) is 31.2 Å². The molecule has 118 valence electrons. The molecular weight excluding hydrogens is 282 g/mol. The first-order valence-electron chi connectivity index (χ1n) is 7.28. The summed E-state index contributed by atoms with van der Waals surface area (Å²) in [6, 6.07) is 7.11. The fraction of sp³-hybridized carbons (Fsp3) is 0.412. The number of hydrogen-bond donors (Lipinski definition) is 1. The van der Waals surface area contributed by atoms with Gasteiger partial charge in [-0.1, -0.05) is 29.8 Å². The lowest BCUT2D eigenvalue weighted by molar-refractivity contribution is -0.129. The zero-order valence-corrected chi connectivity index (χ0v) is 13.1. The number of methoxy groups -OCH3 is 1. The molecule has 1 aliphatic heterocycles. The summed E-state index contributed by atoms with van der Waals surface area (Å²) in [6.45, 7) is 4.28. The smallest absolute Gasteiger partial charge is 0.290 e. The summed E-state index contributed by atoms with van der Waals surface area (Å²) in [4.78, 5) is 25.7. The maximum absolute atomic E-state index is 12.3. The zero-order valence-electron chi connectivity index (χ0n) is 13.1. The van der Waals surface area contributed by atoms with E-state index < -0.39 is 17.7 Å². The summed E-state index contributed by atoms with van der Waals surface area (Å²) < 4.78 is 5.01. The second-order valence-electron chi connectivity index (χ2n) is 5.48. The number of benzene rings is 1. The first-order chi connectivity index (χ1) is 10.5. The number of rotatable bonds is 6. The van der Waals surface area contributed by atoms with Crippen LogP contribution in [-0.2, 0) is 14.3 Å². The quantitative estimate of drug-likeness (QED) is 0.819. The molecule has 0 aliphatic carbocycles. The molecule has 0 saturated heterocycles. The molecule has 0 bridgehead atoms. The van der Waals surface area contributed by atoms with E-state index in [-0.39, 0.29) is 11.4 Å². The predicted octanol–water partition coefficient (Wildman–Crippen LogP) is 2.32. The van der Waals surface area contributed by atoms with Crippen LogP contribution in [0.15, 0.2) is 35.6 Å². The number of carbonyl (C=O) groups excluding carboxylic acids is 2. The lowest BCUT2D eigenvalue weighted by atomic mass is 9.96. The van der Waals surface area contributed by atoms with Gasteiger partial charge < -0.3 is 14.7 Å². The van der Waals surface area contributed by atoms with Crippen molar-refractivity contribution in [2.24, 2.45) is 0 Å². The molecule has 0 fully saturated rings. The maximum Gasteiger partial charge on any atom is 0.290 e. The normalized spacial score (nSPS) is 18.2. The van der Waals surface area contributed by atoms with Crippen LogP contribution in [-0.4, -0.2) is 42.0 Å². The summed E-state index contributed by atoms with van der Waals surface area (Å²) in [7, 11) is 1.60. The highest BCUT2D eigenvalue weighted by molar-refractivity contribution is 6.08. The third-order valence-corrected chi connectivity index (χ3v) is 3.82. The van der Waals surface area contributed by atoms with E-state index in [1.165, 1.54) is 11.8 Å². The topological polar surface area (TPSA) is 66.8 Å². The number of ether oxygens (including phenoxy) is 1. The van der Waals surface area contributed by atoms with Crippen molar-refractivity contribution >= 4 is 11.7 Å². The first kappa shape index (κ1) is 16.2. The lowest BCUT2D eigenvalue weighted by Crippen LogP contribution is -2.32. The zero-order chi connectivity index (χ0) is 16.3. The van der Waals surface area contributed by atoms with Crippen LogP contribution < -0.4 is 0 Å². The van der Waals surface area contributed by atoms with Crippen LogP contribution in [0.2, 0.25) is 0 Å². The van der Waals surface area contributed by atoms with Gasteiger partial charge in [0.1, 0.15) is 0 Å². The maximum atomic E-state index is 12.3. The van der Waals surface area contributed by atoms with E-state index in [1.54, 1.807) is 7.11 Å². The second-order valence-corrected chi connectivity index (χ2v) is 5.48. The van der Waals surface area contributed by atoms with E-state index in [0.717, 1.165) is 11.1 Å². The molecule has 1 unspecified atom stereocenters. The Bertz CT molecular complexity index is 604. The third kappa shape index (κ3) is 3.04. The van der Waals surface area contributed by atoms with Crippen LogP contribution in [0.1, 0.15) is 30.5 Å². The highest BCUT2D eigenvalue weighted by Gasteiger charge is 2.41. The summed E-state index contributed by atoms with van der Waals surface area (Å²) in [6.07, 6.45) is 0.642. The van der Waals surface area contributed by atoms with E-state index in [0.29, 0.717) is 19.6 Å². The minimum absolute atomic E-state index is 0.172. The van der Waals surface area contributed by atoms with Crippen molar-refractivity contribution < 1.29 is 19.4 Å². The molecule has 0 radical (unpaired) electrons. The molecular formula is C17H21NO4. The van der Waals surface area contributed by atoms with Crippen LogP contribution >= 0.6 is 0 Å². The van der Waals surface area contributed by atoms with Crippen LogP contribution in [0.25, 0.3) is 0 Å². The minimum atomic E-state index is -0.526. The van der Waals surface area contributed by atoms with Gasteiger partial charge in [-0.25, -0.2) is 0 Å². The van der Waals surface area contributed by atoms with Crippen molar-refractivity contribution in [1.82, 2.24) is 4.90 Å². The van der Waals surface area contributed by atoms with Crippen molar-refractivity contribution in [2.75, 3.05) is 20.3 Å². The highest BCUT2D eigenvalue weighted by Crippen LogP contribution is 2.37. The van der Waals surface area contributed by atoms with E-state index in [2.05, 4.69) is 0 Å². The van der Waals surface area contributed by atoms with Gasteiger partial charge in [-0.05, 0) is 25.8 Å². The molecule has 0 aromatic heterocycles. The minimum Gasteiger partial charge on any atom is -0.503 e. The number of carbonyl (C=O) groups is 2. The molecule has 1 heterocycles. The Morgan fingerprint density at radius 3 is 2.50 bits per heavy atom.